The lowest BCUT2D eigenvalue weighted by atomic mass is 10.3. The fourth-order valence-electron chi connectivity index (χ4n) is 0.835. The molecule has 1 radical (unpaired) electrons. The first kappa shape index (κ1) is 8.76. The van der Waals surface area contributed by atoms with Gasteiger partial charge in [0, 0.05) is 25.9 Å². The lowest BCUT2D eigenvalue weighted by Crippen LogP contribution is -2.13. The van der Waals surface area contributed by atoms with Gasteiger partial charge < -0.3 is 5.32 Å². The largest absolute Gasteiger partial charge is 0.302 e. The normalized spacial score (nSPS) is 8.75. The van der Waals surface area contributed by atoms with Gasteiger partial charge in [-0.3, -0.25) is 4.98 Å². The SMILES string of the molecule is [CH2]C#CCNCc1cccnc1. The quantitative estimate of drug-likeness (QED) is 0.526. The summed E-state index contributed by atoms with van der Waals surface area (Å²) in [5.74, 6) is 5.40. The van der Waals surface area contributed by atoms with Crippen LogP contribution in [-0.4, -0.2) is 11.5 Å². The molecule has 12 heavy (non-hydrogen) atoms. The van der Waals surface area contributed by atoms with Gasteiger partial charge in [0.15, 0.2) is 0 Å². The van der Waals surface area contributed by atoms with Crippen molar-refractivity contribution in [1.29, 1.82) is 0 Å². The molecular weight excluding hydrogens is 148 g/mol. The first-order valence-electron chi connectivity index (χ1n) is 3.78. The monoisotopic (exact) mass is 159 g/mol. The maximum atomic E-state index is 4.00. The van der Waals surface area contributed by atoms with Gasteiger partial charge in [0.25, 0.3) is 0 Å². The van der Waals surface area contributed by atoms with Crippen molar-refractivity contribution in [1.82, 2.24) is 10.3 Å². The average Bonchev–Trinajstić information content (AvgIpc) is 2.14. The Morgan fingerprint density at radius 1 is 1.58 bits per heavy atom. The van der Waals surface area contributed by atoms with E-state index >= 15 is 0 Å². The minimum Gasteiger partial charge on any atom is -0.302 e. The Labute approximate surface area is 73.0 Å². The smallest absolute Gasteiger partial charge is 0.0579 e. The zero-order chi connectivity index (χ0) is 8.65. The molecule has 0 aromatic carbocycles. The molecule has 0 unspecified atom stereocenters. The Balaban J connectivity index is 2.27. The van der Waals surface area contributed by atoms with Gasteiger partial charge in [-0.15, -0.1) is 5.92 Å². The second-order valence-corrected chi connectivity index (χ2v) is 2.32. The predicted octanol–water partition coefficient (Wildman–Crippen LogP) is 1.01. The molecule has 1 aromatic heterocycles. The Kier molecular flexibility index (Phi) is 3.90. The van der Waals surface area contributed by atoms with E-state index in [1.807, 2.05) is 18.3 Å². The molecule has 1 N–H and O–H groups in total. The number of hydrogen-bond donors (Lipinski definition) is 1. The number of pyridine rings is 1. The number of hydrogen-bond acceptors (Lipinski definition) is 2. The summed E-state index contributed by atoms with van der Waals surface area (Å²) < 4.78 is 0. The van der Waals surface area contributed by atoms with E-state index in [-0.39, 0.29) is 0 Å². The summed E-state index contributed by atoms with van der Waals surface area (Å²) in [5, 5.41) is 3.15. The standard InChI is InChI=1S/C10H11N2/c1-2-3-6-11-8-10-5-4-7-12-9-10/h4-5,7,9,11H,1,6,8H2. The molecule has 0 amide bonds. The van der Waals surface area contributed by atoms with Crippen LogP contribution in [0.2, 0.25) is 0 Å². The van der Waals surface area contributed by atoms with Gasteiger partial charge >= 0.3 is 0 Å². The second-order valence-electron chi connectivity index (χ2n) is 2.32. The van der Waals surface area contributed by atoms with E-state index in [1.54, 1.807) is 6.20 Å². The van der Waals surface area contributed by atoms with Gasteiger partial charge in [-0.1, -0.05) is 12.0 Å². The average molecular weight is 159 g/mol. The third-order valence-corrected chi connectivity index (χ3v) is 1.39. The van der Waals surface area contributed by atoms with Crippen molar-refractivity contribution in [2.24, 2.45) is 0 Å². The van der Waals surface area contributed by atoms with E-state index in [9.17, 15) is 0 Å². The van der Waals surface area contributed by atoms with Crippen LogP contribution in [0.5, 0.6) is 0 Å². The molecule has 0 aliphatic heterocycles. The number of nitrogens with zero attached hydrogens (tertiary/aromatic N) is 1. The Morgan fingerprint density at radius 3 is 3.17 bits per heavy atom. The lowest BCUT2D eigenvalue weighted by Gasteiger charge is -1.98. The summed E-state index contributed by atoms with van der Waals surface area (Å²) in [6.07, 6.45) is 3.60. The van der Waals surface area contributed by atoms with E-state index in [0.717, 1.165) is 6.54 Å². The maximum absolute atomic E-state index is 4.00. The van der Waals surface area contributed by atoms with Crippen LogP contribution < -0.4 is 5.32 Å². The topological polar surface area (TPSA) is 24.9 Å². The van der Waals surface area contributed by atoms with Crippen LogP contribution in [0.4, 0.5) is 0 Å². The van der Waals surface area contributed by atoms with Crippen LogP contribution >= 0.6 is 0 Å². The van der Waals surface area contributed by atoms with Crippen LogP contribution in [0.15, 0.2) is 24.5 Å². The summed E-state index contributed by atoms with van der Waals surface area (Å²) in [5.41, 5.74) is 1.17. The van der Waals surface area contributed by atoms with Gasteiger partial charge in [0.05, 0.1) is 6.54 Å². The molecule has 0 atom stereocenters. The zero-order valence-electron chi connectivity index (χ0n) is 6.88. The minimum absolute atomic E-state index is 0.679. The molecule has 0 fully saturated rings. The molecule has 1 heterocycles. The molecule has 2 heteroatoms. The molecule has 0 aliphatic carbocycles. The molecule has 61 valence electrons. The maximum Gasteiger partial charge on any atom is 0.0579 e. The number of aromatic nitrogens is 1. The lowest BCUT2D eigenvalue weighted by molar-refractivity contribution is 0.767. The first-order valence-corrected chi connectivity index (χ1v) is 3.78. The van der Waals surface area contributed by atoms with Gasteiger partial charge in [-0.05, 0) is 11.6 Å². The van der Waals surface area contributed by atoms with Crippen LogP contribution in [0.1, 0.15) is 5.56 Å². The van der Waals surface area contributed by atoms with Crippen molar-refractivity contribution in [3.63, 3.8) is 0 Å². The predicted molar refractivity (Wildman–Crippen MR) is 49.1 cm³/mol. The fourth-order valence-corrected chi connectivity index (χ4v) is 0.835. The molecule has 0 spiro atoms. The van der Waals surface area contributed by atoms with Gasteiger partial charge in [0.1, 0.15) is 0 Å². The van der Waals surface area contributed by atoms with E-state index in [2.05, 4.69) is 29.1 Å². The van der Waals surface area contributed by atoms with E-state index in [4.69, 9.17) is 0 Å². The van der Waals surface area contributed by atoms with Gasteiger partial charge in [-0.25, -0.2) is 0 Å². The van der Waals surface area contributed by atoms with Gasteiger partial charge in [0.2, 0.25) is 0 Å². The molecule has 0 aliphatic rings. The molecule has 0 saturated heterocycles. The fraction of sp³-hybridized carbons (Fsp3) is 0.200. The highest BCUT2D eigenvalue weighted by Crippen LogP contribution is 1.93. The highest BCUT2D eigenvalue weighted by atomic mass is 14.8. The van der Waals surface area contributed by atoms with Crippen molar-refractivity contribution < 1.29 is 0 Å². The highest BCUT2D eigenvalue weighted by molar-refractivity contribution is 5.09. The number of rotatable bonds is 3. The molecule has 2 nitrogen and oxygen atoms in total. The van der Waals surface area contributed by atoms with Gasteiger partial charge in [-0.2, -0.15) is 0 Å². The van der Waals surface area contributed by atoms with Crippen molar-refractivity contribution in [3.05, 3.63) is 37.0 Å². The highest BCUT2D eigenvalue weighted by Gasteiger charge is 1.87. The van der Waals surface area contributed by atoms with Crippen molar-refractivity contribution >= 4 is 0 Å². The number of nitrogens with one attached hydrogen (secondary N) is 1. The Bertz CT molecular complexity index is 269. The molecule has 1 aromatic rings. The molecular formula is C10H11N2. The van der Waals surface area contributed by atoms with Crippen molar-refractivity contribution in [3.8, 4) is 11.8 Å². The summed E-state index contributed by atoms with van der Waals surface area (Å²) in [6, 6.07) is 3.95. The Hall–Kier alpha value is -1.33. The van der Waals surface area contributed by atoms with Crippen LogP contribution in [0.3, 0.4) is 0 Å². The van der Waals surface area contributed by atoms with Crippen LogP contribution in [0.25, 0.3) is 0 Å². The minimum atomic E-state index is 0.679. The molecule has 1 rings (SSSR count). The van der Waals surface area contributed by atoms with E-state index in [1.165, 1.54) is 5.56 Å². The van der Waals surface area contributed by atoms with Crippen molar-refractivity contribution in [2.75, 3.05) is 6.54 Å². The summed E-state index contributed by atoms with van der Waals surface area (Å²) >= 11 is 0. The van der Waals surface area contributed by atoms with Crippen LogP contribution in [0, 0.1) is 18.8 Å². The molecule has 0 bridgehead atoms. The summed E-state index contributed by atoms with van der Waals surface area (Å²) in [6.45, 7) is 4.90. The van der Waals surface area contributed by atoms with Crippen LogP contribution in [-0.2, 0) is 6.54 Å². The van der Waals surface area contributed by atoms with E-state index < -0.39 is 0 Å². The third-order valence-electron chi connectivity index (χ3n) is 1.39. The summed E-state index contributed by atoms with van der Waals surface area (Å²) in [4.78, 5) is 4.00. The zero-order valence-corrected chi connectivity index (χ0v) is 6.88. The third kappa shape index (κ3) is 3.18. The van der Waals surface area contributed by atoms with Crippen molar-refractivity contribution in [2.45, 2.75) is 6.54 Å². The Morgan fingerprint density at radius 2 is 2.50 bits per heavy atom. The molecule has 0 saturated carbocycles. The summed E-state index contributed by atoms with van der Waals surface area (Å²) in [7, 11) is 0. The first-order chi connectivity index (χ1) is 5.93. The second kappa shape index (κ2) is 5.34. The van der Waals surface area contributed by atoms with E-state index in [0.29, 0.717) is 6.54 Å².